The molecule has 1 aromatic rings. The minimum absolute atomic E-state index is 0.0683. The lowest BCUT2D eigenvalue weighted by atomic mass is 10.1. The van der Waals surface area contributed by atoms with E-state index in [4.69, 9.17) is 5.73 Å². The molecule has 1 saturated heterocycles. The summed E-state index contributed by atoms with van der Waals surface area (Å²) in [4.78, 5) is 16.6. The summed E-state index contributed by atoms with van der Waals surface area (Å²) in [6.45, 7) is 8.59. The van der Waals surface area contributed by atoms with Gasteiger partial charge in [-0.25, -0.2) is 0 Å². The molecule has 1 atom stereocenters. The van der Waals surface area contributed by atoms with E-state index in [-0.39, 0.29) is 17.9 Å². The summed E-state index contributed by atoms with van der Waals surface area (Å²) in [6.07, 6.45) is 0. The molecule has 0 aromatic carbocycles. The molecule has 2 heterocycles. The van der Waals surface area contributed by atoms with Crippen LogP contribution in [0.15, 0.2) is 0 Å². The first-order chi connectivity index (χ1) is 8.91. The molecule has 0 bridgehead atoms. The molecule has 0 aliphatic carbocycles. The summed E-state index contributed by atoms with van der Waals surface area (Å²) in [7, 11) is 2.07. The Labute approximate surface area is 113 Å². The SMILES string of the molecule is CC(C)c1[nH]nc(C(=O)N2CCN(C)CC2C)c1N. The van der Waals surface area contributed by atoms with Gasteiger partial charge in [-0.05, 0) is 19.9 Å². The van der Waals surface area contributed by atoms with Crippen LogP contribution in [0, 0.1) is 0 Å². The number of carbonyl (C=O) groups is 1. The van der Waals surface area contributed by atoms with E-state index in [9.17, 15) is 4.79 Å². The number of aromatic nitrogens is 2. The van der Waals surface area contributed by atoms with Crippen LogP contribution in [-0.2, 0) is 0 Å². The number of nitrogens with zero attached hydrogens (tertiary/aromatic N) is 3. The Kier molecular flexibility index (Phi) is 3.80. The van der Waals surface area contributed by atoms with E-state index in [2.05, 4.69) is 29.1 Å². The lowest BCUT2D eigenvalue weighted by Gasteiger charge is -2.37. The van der Waals surface area contributed by atoms with Gasteiger partial charge in [-0.1, -0.05) is 13.8 Å². The molecule has 2 rings (SSSR count). The van der Waals surface area contributed by atoms with Crippen LogP contribution in [-0.4, -0.2) is 58.6 Å². The largest absolute Gasteiger partial charge is 0.395 e. The Morgan fingerprint density at radius 1 is 1.47 bits per heavy atom. The van der Waals surface area contributed by atoms with Gasteiger partial charge >= 0.3 is 0 Å². The second kappa shape index (κ2) is 5.21. The summed E-state index contributed by atoms with van der Waals surface area (Å²) in [6, 6.07) is 0.185. The zero-order chi connectivity index (χ0) is 14.2. The molecule has 1 aromatic heterocycles. The number of likely N-dealkylation sites (N-methyl/N-ethyl adjacent to an activating group) is 1. The summed E-state index contributed by atoms with van der Waals surface area (Å²) in [5, 5.41) is 6.99. The predicted molar refractivity (Wildman–Crippen MR) is 75.1 cm³/mol. The topological polar surface area (TPSA) is 78.2 Å². The van der Waals surface area contributed by atoms with Gasteiger partial charge in [0.2, 0.25) is 0 Å². The van der Waals surface area contributed by atoms with Crippen molar-refractivity contribution in [2.24, 2.45) is 0 Å². The maximum absolute atomic E-state index is 12.5. The molecule has 0 radical (unpaired) electrons. The van der Waals surface area contributed by atoms with Gasteiger partial charge in [0.25, 0.3) is 5.91 Å². The first-order valence-corrected chi connectivity index (χ1v) is 6.75. The van der Waals surface area contributed by atoms with Gasteiger partial charge in [-0.3, -0.25) is 9.89 Å². The number of carbonyl (C=O) groups excluding carboxylic acids is 1. The van der Waals surface area contributed by atoms with Crippen molar-refractivity contribution in [2.75, 3.05) is 32.4 Å². The van der Waals surface area contributed by atoms with Crippen LogP contribution in [0.4, 0.5) is 5.69 Å². The fourth-order valence-electron chi connectivity index (χ4n) is 2.54. The van der Waals surface area contributed by atoms with Crippen LogP contribution in [0.1, 0.15) is 42.9 Å². The number of piperazine rings is 1. The van der Waals surface area contributed by atoms with Gasteiger partial charge in [-0.2, -0.15) is 5.10 Å². The summed E-state index contributed by atoms with van der Waals surface area (Å²) < 4.78 is 0. The van der Waals surface area contributed by atoms with Gasteiger partial charge in [0.05, 0.1) is 11.4 Å². The predicted octanol–water partition coefficient (Wildman–Crippen LogP) is 0.891. The second-order valence-electron chi connectivity index (χ2n) is 5.66. The molecule has 0 saturated carbocycles. The summed E-state index contributed by atoms with van der Waals surface area (Å²) in [5.74, 6) is 0.167. The maximum atomic E-state index is 12.5. The summed E-state index contributed by atoms with van der Waals surface area (Å²) >= 11 is 0. The van der Waals surface area contributed by atoms with E-state index >= 15 is 0 Å². The Balaban J connectivity index is 2.20. The van der Waals surface area contributed by atoms with Crippen LogP contribution in [0.25, 0.3) is 0 Å². The number of hydrogen-bond acceptors (Lipinski definition) is 4. The molecule has 1 amide bonds. The fourth-order valence-corrected chi connectivity index (χ4v) is 2.54. The second-order valence-corrected chi connectivity index (χ2v) is 5.66. The van der Waals surface area contributed by atoms with Crippen molar-refractivity contribution in [2.45, 2.75) is 32.7 Å². The van der Waals surface area contributed by atoms with Crippen LogP contribution in [0.5, 0.6) is 0 Å². The van der Waals surface area contributed by atoms with E-state index in [1.54, 1.807) is 0 Å². The lowest BCUT2D eigenvalue weighted by molar-refractivity contribution is 0.0529. The Morgan fingerprint density at radius 2 is 2.16 bits per heavy atom. The third kappa shape index (κ3) is 2.58. The standard InChI is InChI=1S/C13H23N5O/c1-8(2)11-10(14)12(16-15-11)13(19)18-6-5-17(4)7-9(18)3/h8-9H,5-7,14H2,1-4H3,(H,15,16). The van der Waals surface area contributed by atoms with Crippen molar-refractivity contribution in [1.29, 1.82) is 0 Å². The highest BCUT2D eigenvalue weighted by atomic mass is 16.2. The number of H-pyrrole nitrogens is 1. The van der Waals surface area contributed by atoms with Crippen molar-refractivity contribution in [3.05, 3.63) is 11.4 Å². The van der Waals surface area contributed by atoms with Crippen LogP contribution in [0.2, 0.25) is 0 Å². The van der Waals surface area contributed by atoms with Crippen molar-refractivity contribution in [1.82, 2.24) is 20.0 Å². The van der Waals surface area contributed by atoms with E-state index in [0.717, 1.165) is 25.3 Å². The average Bonchev–Trinajstić information content (AvgIpc) is 2.70. The number of amides is 1. The Bertz CT molecular complexity index is 468. The number of nitrogens with two attached hydrogens (primary N) is 1. The number of hydrogen-bond donors (Lipinski definition) is 2. The molecule has 1 unspecified atom stereocenters. The zero-order valence-electron chi connectivity index (χ0n) is 12.1. The Hall–Kier alpha value is -1.56. The highest BCUT2D eigenvalue weighted by molar-refractivity contribution is 5.98. The highest BCUT2D eigenvalue weighted by Crippen LogP contribution is 2.24. The minimum atomic E-state index is -0.0683. The smallest absolute Gasteiger partial charge is 0.276 e. The normalized spacial score (nSPS) is 21.1. The van der Waals surface area contributed by atoms with E-state index in [1.165, 1.54) is 0 Å². The van der Waals surface area contributed by atoms with Gasteiger partial charge in [0, 0.05) is 25.7 Å². The molecule has 3 N–H and O–H groups in total. The van der Waals surface area contributed by atoms with Crippen molar-refractivity contribution in [3.63, 3.8) is 0 Å². The average molecular weight is 265 g/mol. The molecule has 1 aliphatic heterocycles. The van der Waals surface area contributed by atoms with E-state index in [0.29, 0.717) is 11.4 Å². The number of nitrogens with one attached hydrogen (secondary N) is 1. The molecular formula is C13H23N5O. The Morgan fingerprint density at radius 3 is 2.68 bits per heavy atom. The van der Waals surface area contributed by atoms with E-state index < -0.39 is 0 Å². The number of nitrogen functional groups attached to an aromatic ring is 1. The molecule has 6 nitrogen and oxygen atoms in total. The minimum Gasteiger partial charge on any atom is -0.395 e. The van der Waals surface area contributed by atoms with Gasteiger partial charge < -0.3 is 15.5 Å². The molecule has 106 valence electrons. The maximum Gasteiger partial charge on any atom is 0.276 e. The molecule has 19 heavy (non-hydrogen) atoms. The number of aromatic amines is 1. The first kappa shape index (κ1) is 13.9. The lowest BCUT2D eigenvalue weighted by Crippen LogP contribution is -2.52. The monoisotopic (exact) mass is 265 g/mol. The van der Waals surface area contributed by atoms with Crippen LogP contribution in [0.3, 0.4) is 0 Å². The molecule has 1 fully saturated rings. The van der Waals surface area contributed by atoms with Crippen molar-refractivity contribution in [3.8, 4) is 0 Å². The zero-order valence-corrected chi connectivity index (χ0v) is 12.1. The van der Waals surface area contributed by atoms with Crippen molar-refractivity contribution >= 4 is 11.6 Å². The third-order valence-electron chi connectivity index (χ3n) is 3.70. The fraction of sp³-hybridized carbons (Fsp3) is 0.692. The van der Waals surface area contributed by atoms with Crippen molar-refractivity contribution < 1.29 is 4.79 Å². The third-order valence-corrected chi connectivity index (χ3v) is 3.70. The molecule has 1 aliphatic rings. The number of rotatable bonds is 2. The molecule has 0 spiro atoms. The first-order valence-electron chi connectivity index (χ1n) is 6.75. The van der Waals surface area contributed by atoms with Gasteiger partial charge in [-0.15, -0.1) is 0 Å². The van der Waals surface area contributed by atoms with Crippen LogP contribution < -0.4 is 5.73 Å². The highest BCUT2D eigenvalue weighted by Gasteiger charge is 2.30. The van der Waals surface area contributed by atoms with Gasteiger partial charge in [0.15, 0.2) is 5.69 Å². The number of anilines is 1. The molecule has 6 heteroatoms. The quantitative estimate of drug-likeness (QED) is 0.832. The molecular weight excluding hydrogens is 242 g/mol. The van der Waals surface area contributed by atoms with Crippen LogP contribution >= 0.6 is 0 Å². The van der Waals surface area contributed by atoms with E-state index in [1.807, 2.05) is 18.7 Å². The summed E-state index contributed by atoms with van der Waals surface area (Å²) in [5.41, 5.74) is 7.72. The van der Waals surface area contributed by atoms with Gasteiger partial charge in [0.1, 0.15) is 0 Å².